The Bertz CT molecular complexity index is 1500. The zero-order valence-electron chi connectivity index (χ0n) is 19.8. The molecule has 6 rings (SSSR count). The Morgan fingerprint density at radius 2 is 2.11 bits per heavy atom. The number of aromatic nitrogens is 4. The van der Waals surface area contributed by atoms with Gasteiger partial charge in [-0.1, -0.05) is 18.2 Å². The van der Waals surface area contributed by atoms with Gasteiger partial charge in [0.2, 0.25) is 0 Å². The summed E-state index contributed by atoms with van der Waals surface area (Å²) in [6.45, 7) is 3.92. The first-order valence-electron chi connectivity index (χ1n) is 11.9. The Balaban J connectivity index is 1.48. The number of hydrogen-bond donors (Lipinski definition) is 1. The quantitative estimate of drug-likeness (QED) is 0.461. The minimum Gasteiger partial charge on any atom is -0.411 e. The number of nitrogens with one attached hydrogen (secondary N) is 1. The maximum Gasteiger partial charge on any atom is 0.255 e. The molecule has 0 saturated carbocycles. The monoisotopic (exact) mass is 474 g/mol. The summed E-state index contributed by atoms with van der Waals surface area (Å²) in [6.07, 6.45) is 3.05. The van der Waals surface area contributed by atoms with Gasteiger partial charge in [-0.3, -0.25) is 9.18 Å². The molecular weight excluding hydrogens is 447 g/mol. The van der Waals surface area contributed by atoms with E-state index >= 15 is 0 Å². The molecule has 1 N–H and O–H groups in total. The summed E-state index contributed by atoms with van der Waals surface area (Å²) >= 11 is 0. The van der Waals surface area contributed by atoms with Crippen molar-refractivity contribution in [3.8, 4) is 11.5 Å². The van der Waals surface area contributed by atoms with E-state index in [0.29, 0.717) is 50.1 Å². The van der Waals surface area contributed by atoms with Gasteiger partial charge in [0.25, 0.3) is 5.91 Å². The summed E-state index contributed by atoms with van der Waals surface area (Å²) in [5.74, 6) is 1.54. The third-order valence-electron chi connectivity index (χ3n) is 6.90. The van der Waals surface area contributed by atoms with Crippen LogP contribution in [-0.4, -0.2) is 56.2 Å². The number of hydrogen-bond acceptors (Lipinski definition) is 5. The molecule has 180 valence electrons. The summed E-state index contributed by atoms with van der Waals surface area (Å²) in [5, 5.41) is 1.13. The highest BCUT2D eigenvalue weighted by Crippen LogP contribution is 2.33. The Morgan fingerprint density at radius 1 is 1.23 bits per heavy atom. The number of halogens is 1. The molecule has 35 heavy (non-hydrogen) atoms. The minimum atomic E-state index is -0.428. The van der Waals surface area contributed by atoms with E-state index < -0.39 is 6.67 Å². The van der Waals surface area contributed by atoms with E-state index in [0.717, 1.165) is 39.5 Å². The first-order valence-corrected chi connectivity index (χ1v) is 11.9. The van der Waals surface area contributed by atoms with Gasteiger partial charge in [0, 0.05) is 31.9 Å². The van der Waals surface area contributed by atoms with E-state index in [4.69, 9.17) is 14.8 Å². The van der Waals surface area contributed by atoms with Crippen LogP contribution in [0.15, 0.2) is 42.2 Å². The SMILES string of the molecule is Cc1cccc2cc(-c3nc4cc5c(nc4n3C)CCN(CCCF)C5=O)n(CC3=CCNO3)c12. The Labute approximate surface area is 202 Å². The second-order valence-electron chi connectivity index (χ2n) is 9.15. The lowest BCUT2D eigenvalue weighted by atomic mass is 10.0. The molecule has 8 nitrogen and oxygen atoms in total. The number of fused-ring (bicyclic) bond motifs is 3. The van der Waals surface area contributed by atoms with Gasteiger partial charge in [-0.2, -0.15) is 5.48 Å². The predicted octanol–water partition coefficient (Wildman–Crippen LogP) is 3.68. The molecule has 2 aliphatic rings. The van der Waals surface area contributed by atoms with Crippen molar-refractivity contribution in [1.29, 1.82) is 0 Å². The van der Waals surface area contributed by atoms with Gasteiger partial charge in [0.05, 0.1) is 42.2 Å². The summed E-state index contributed by atoms with van der Waals surface area (Å²) in [4.78, 5) is 30.1. The number of aryl methyl sites for hydroxylation is 2. The first-order chi connectivity index (χ1) is 17.0. The molecule has 0 radical (unpaired) electrons. The second-order valence-corrected chi connectivity index (χ2v) is 9.15. The molecule has 1 amide bonds. The number of amides is 1. The molecule has 0 spiro atoms. The average Bonchev–Trinajstić information content (AvgIpc) is 3.57. The Kier molecular flexibility index (Phi) is 5.29. The van der Waals surface area contributed by atoms with Gasteiger partial charge in [0.1, 0.15) is 11.3 Å². The fourth-order valence-corrected chi connectivity index (χ4v) is 5.18. The van der Waals surface area contributed by atoms with Crippen molar-refractivity contribution in [2.24, 2.45) is 7.05 Å². The van der Waals surface area contributed by atoms with Crippen LogP contribution in [0.2, 0.25) is 0 Å². The molecule has 5 heterocycles. The molecule has 0 saturated heterocycles. The van der Waals surface area contributed by atoms with E-state index in [1.165, 1.54) is 5.56 Å². The Morgan fingerprint density at radius 3 is 2.91 bits per heavy atom. The molecule has 3 aromatic heterocycles. The number of benzene rings is 1. The van der Waals surface area contributed by atoms with Gasteiger partial charge < -0.3 is 18.9 Å². The van der Waals surface area contributed by atoms with Crippen molar-refractivity contribution in [3.05, 3.63) is 59.0 Å². The first kappa shape index (κ1) is 21.8. The molecule has 0 unspecified atom stereocenters. The molecule has 0 fully saturated rings. The summed E-state index contributed by atoms with van der Waals surface area (Å²) in [7, 11) is 1.96. The number of nitrogens with zero attached hydrogens (tertiary/aromatic N) is 5. The molecule has 2 aliphatic heterocycles. The molecule has 0 atom stereocenters. The van der Waals surface area contributed by atoms with Crippen molar-refractivity contribution in [3.63, 3.8) is 0 Å². The molecular formula is C26H27FN6O2. The minimum absolute atomic E-state index is 0.0936. The third-order valence-corrected chi connectivity index (χ3v) is 6.90. The molecule has 0 bridgehead atoms. The highest BCUT2D eigenvalue weighted by atomic mass is 19.1. The number of imidazole rings is 1. The smallest absolute Gasteiger partial charge is 0.255 e. The zero-order valence-corrected chi connectivity index (χ0v) is 19.8. The van der Waals surface area contributed by atoms with E-state index in [1.807, 2.05) is 23.8 Å². The Hall–Kier alpha value is -3.72. The number of alkyl halides is 1. The number of carbonyl (C=O) groups is 1. The highest BCUT2D eigenvalue weighted by Gasteiger charge is 2.28. The van der Waals surface area contributed by atoms with Crippen LogP contribution < -0.4 is 5.48 Å². The standard InChI is InChI=1S/C26H27FN6O2/c1-16-5-3-6-17-13-22(33(23(16)17)15-18-7-10-28-35-18)25-30-21-14-19-20(29-24(21)31(25)2)8-12-32(26(19)34)11-4-9-27/h3,5-7,13-14,28H,4,8-12,15H2,1-2H3. The fourth-order valence-electron chi connectivity index (χ4n) is 5.18. The normalized spacial score (nSPS) is 15.7. The maximum atomic E-state index is 13.0. The van der Waals surface area contributed by atoms with Gasteiger partial charge in [-0.15, -0.1) is 0 Å². The van der Waals surface area contributed by atoms with Crippen molar-refractivity contribution in [2.75, 3.05) is 26.3 Å². The van der Waals surface area contributed by atoms with E-state index in [2.05, 4.69) is 41.2 Å². The van der Waals surface area contributed by atoms with Crippen molar-refractivity contribution in [1.82, 2.24) is 29.5 Å². The van der Waals surface area contributed by atoms with Gasteiger partial charge in [0.15, 0.2) is 11.5 Å². The van der Waals surface area contributed by atoms with E-state index in [-0.39, 0.29) is 5.91 Å². The number of pyridine rings is 1. The maximum absolute atomic E-state index is 13.0. The number of para-hydroxylation sites is 1. The zero-order chi connectivity index (χ0) is 24.1. The number of allylic oxidation sites excluding steroid dienone is 1. The van der Waals surface area contributed by atoms with Crippen LogP contribution in [0.1, 0.15) is 28.0 Å². The van der Waals surface area contributed by atoms with Crippen LogP contribution in [0.4, 0.5) is 4.39 Å². The van der Waals surface area contributed by atoms with Crippen LogP contribution in [0.5, 0.6) is 0 Å². The molecule has 4 aromatic rings. The van der Waals surface area contributed by atoms with Crippen molar-refractivity contribution < 1.29 is 14.0 Å². The lowest BCUT2D eigenvalue weighted by Gasteiger charge is -2.27. The van der Waals surface area contributed by atoms with Crippen LogP contribution in [-0.2, 0) is 24.9 Å². The predicted molar refractivity (Wildman–Crippen MR) is 132 cm³/mol. The lowest BCUT2D eigenvalue weighted by Crippen LogP contribution is -2.38. The summed E-state index contributed by atoms with van der Waals surface area (Å²) in [6, 6.07) is 10.3. The lowest BCUT2D eigenvalue weighted by molar-refractivity contribution is 0.0733. The summed E-state index contributed by atoms with van der Waals surface area (Å²) < 4.78 is 16.9. The van der Waals surface area contributed by atoms with E-state index in [1.54, 1.807) is 4.90 Å². The van der Waals surface area contributed by atoms with Crippen molar-refractivity contribution >= 4 is 28.0 Å². The molecule has 0 aliphatic carbocycles. The number of hydroxylamine groups is 1. The second kappa shape index (κ2) is 8.49. The van der Waals surface area contributed by atoms with E-state index in [9.17, 15) is 9.18 Å². The largest absolute Gasteiger partial charge is 0.411 e. The number of carbonyl (C=O) groups excluding carboxylic acids is 1. The van der Waals surface area contributed by atoms with Gasteiger partial charge in [-0.05, 0) is 37.1 Å². The van der Waals surface area contributed by atoms with Gasteiger partial charge in [-0.25, -0.2) is 9.97 Å². The third kappa shape index (κ3) is 3.58. The topological polar surface area (TPSA) is 77.2 Å². The summed E-state index contributed by atoms with van der Waals surface area (Å²) in [5.41, 5.74) is 8.93. The highest BCUT2D eigenvalue weighted by molar-refractivity contribution is 5.99. The van der Waals surface area contributed by atoms with Crippen molar-refractivity contribution in [2.45, 2.75) is 26.3 Å². The average molecular weight is 475 g/mol. The molecule has 9 heteroatoms. The molecule has 1 aromatic carbocycles. The van der Waals surface area contributed by atoms with Crippen LogP contribution in [0.3, 0.4) is 0 Å². The van der Waals surface area contributed by atoms with Crippen LogP contribution >= 0.6 is 0 Å². The number of rotatable bonds is 6. The van der Waals surface area contributed by atoms with Gasteiger partial charge >= 0.3 is 0 Å². The van der Waals surface area contributed by atoms with Crippen LogP contribution in [0, 0.1) is 6.92 Å². The fraction of sp³-hybridized carbons (Fsp3) is 0.346. The van der Waals surface area contributed by atoms with Crippen LogP contribution in [0.25, 0.3) is 33.6 Å².